The van der Waals surface area contributed by atoms with Crippen LogP contribution in [0, 0.1) is 5.92 Å². The third-order valence-electron chi connectivity index (χ3n) is 6.47. The minimum absolute atomic E-state index is 0.0408. The Morgan fingerprint density at radius 1 is 0.968 bits per heavy atom. The van der Waals surface area contributed by atoms with Crippen molar-refractivity contribution in [3.8, 4) is 11.3 Å². The molecule has 3 heterocycles. The van der Waals surface area contributed by atoms with Gasteiger partial charge in [-0.2, -0.15) is 0 Å². The summed E-state index contributed by atoms with van der Waals surface area (Å²) in [6, 6.07) is 23.0. The highest BCUT2D eigenvalue weighted by Gasteiger charge is 2.40. The topological polar surface area (TPSA) is 34.4 Å². The molecule has 3 aromatic carbocycles. The van der Waals surface area contributed by atoms with Gasteiger partial charge in [0.1, 0.15) is 11.3 Å². The van der Waals surface area contributed by atoms with Crippen LogP contribution in [0.2, 0.25) is 5.02 Å². The van der Waals surface area contributed by atoms with Gasteiger partial charge in [0, 0.05) is 44.2 Å². The molecule has 0 spiro atoms. The highest BCUT2D eigenvalue weighted by atomic mass is 79.9. The molecule has 6 rings (SSSR count). The van der Waals surface area contributed by atoms with Crippen LogP contribution in [0.1, 0.15) is 36.1 Å². The van der Waals surface area contributed by atoms with Crippen molar-refractivity contribution < 1.29 is 9.15 Å². The molecule has 1 fully saturated rings. The van der Waals surface area contributed by atoms with Crippen molar-refractivity contribution in [3.63, 3.8) is 0 Å². The Balaban J connectivity index is 1.43. The number of furan rings is 1. The average Bonchev–Trinajstić information content (AvgIpc) is 3.23. The van der Waals surface area contributed by atoms with Crippen molar-refractivity contribution in [1.29, 1.82) is 0 Å². The van der Waals surface area contributed by atoms with Gasteiger partial charge in [0.05, 0.1) is 12.1 Å². The number of para-hydroxylation sites is 1. The second kappa shape index (κ2) is 7.70. The van der Waals surface area contributed by atoms with Crippen molar-refractivity contribution >= 4 is 44.2 Å². The quantitative estimate of drug-likeness (QED) is 0.305. The van der Waals surface area contributed by atoms with E-state index in [1.807, 2.05) is 24.3 Å². The van der Waals surface area contributed by atoms with Gasteiger partial charge in [-0.15, -0.1) is 0 Å². The molecule has 0 amide bonds. The summed E-state index contributed by atoms with van der Waals surface area (Å²) >= 11 is 10.2. The van der Waals surface area contributed by atoms with E-state index in [1.54, 1.807) is 0 Å². The van der Waals surface area contributed by atoms with Gasteiger partial charge in [0.25, 0.3) is 0 Å². The zero-order valence-electron chi connectivity index (χ0n) is 16.8. The SMILES string of the molecule is Clc1cc(Br)ccc1[C@H]1Nc2ccc(-c3cc4ccccc4o3)cc2C2OCCC[C@H]21. The van der Waals surface area contributed by atoms with Crippen molar-refractivity contribution in [2.45, 2.75) is 25.0 Å². The molecular formula is C26H21BrClNO2. The molecule has 2 aliphatic rings. The minimum Gasteiger partial charge on any atom is -0.456 e. The van der Waals surface area contributed by atoms with E-state index in [1.165, 1.54) is 5.56 Å². The average molecular weight is 495 g/mol. The van der Waals surface area contributed by atoms with Crippen LogP contribution in [0.25, 0.3) is 22.3 Å². The van der Waals surface area contributed by atoms with Crippen molar-refractivity contribution in [3.05, 3.63) is 87.4 Å². The number of nitrogens with one attached hydrogen (secondary N) is 1. The van der Waals surface area contributed by atoms with E-state index in [4.69, 9.17) is 20.8 Å². The molecule has 31 heavy (non-hydrogen) atoms. The monoisotopic (exact) mass is 493 g/mol. The minimum atomic E-state index is 0.0408. The van der Waals surface area contributed by atoms with E-state index in [-0.39, 0.29) is 12.1 Å². The van der Waals surface area contributed by atoms with Crippen LogP contribution >= 0.6 is 27.5 Å². The predicted molar refractivity (Wildman–Crippen MR) is 129 cm³/mol. The molecule has 1 aromatic heterocycles. The van der Waals surface area contributed by atoms with Crippen LogP contribution in [0.4, 0.5) is 5.69 Å². The van der Waals surface area contributed by atoms with E-state index >= 15 is 0 Å². The van der Waals surface area contributed by atoms with Crippen LogP contribution in [0.15, 0.2) is 75.6 Å². The second-order valence-electron chi connectivity index (χ2n) is 8.34. The fourth-order valence-electron chi connectivity index (χ4n) is 5.01. The normalized spacial score (nSPS) is 22.6. The lowest BCUT2D eigenvalue weighted by Crippen LogP contribution is -2.36. The van der Waals surface area contributed by atoms with E-state index in [0.29, 0.717) is 5.92 Å². The first-order valence-electron chi connectivity index (χ1n) is 10.6. The molecule has 2 aliphatic heterocycles. The van der Waals surface area contributed by atoms with Gasteiger partial charge in [-0.3, -0.25) is 0 Å². The maximum Gasteiger partial charge on any atom is 0.135 e. The standard InChI is InChI=1S/C26H21BrClNO2/c27-17-8-9-18(21(28)14-17)25-19-5-3-11-30-26(19)20-12-16(7-10-22(20)29-25)24-13-15-4-1-2-6-23(15)31-24/h1-2,4,6-10,12-14,19,25-26,29H,3,5,11H2/t19-,25+,26?/m0/s1. The van der Waals surface area contributed by atoms with Gasteiger partial charge in [-0.05, 0) is 60.9 Å². The Hall–Kier alpha value is -2.27. The summed E-state index contributed by atoms with van der Waals surface area (Å²) in [6.07, 6.45) is 2.20. The molecule has 3 atom stereocenters. The Kier molecular flexibility index (Phi) is 4.82. The number of hydrogen-bond acceptors (Lipinski definition) is 3. The Bertz CT molecular complexity index is 1250. The third kappa shape index (κ3) is 3.38. The van der Waals surface area contributed by atoms with Crippen LogP contribution in [0.5, 0.6) is 0 Å². The maximum atomic E-state index is 6.64. The Morgan fingerprint density at radius 2 is 1.87 bits per heavy atom. The van der Waals surface area contributed by atoms with Gasteiger partial charge in [0.2, 0.25) is 0 Å². The largest absolute Gasteiger partial charge is 0.456 e. The lowest BCUT2D eigenvalue weighted by Gasteiger charge is -2.43. The summed E-state index contributed by atoms with van der Waals surface area (Å²) < 4.78 is 13.5. The predicted octanol–water partition coefficient (Wildman–Crippen LogP) is 8.15. The number of anilines is 1. The summed E-state index contributed by atoms with van der Waals surface area (Å²) in [5, 5.41) is 5.66. The molecule has 0 saturated carbocycles. The number of rotatable bonds is 2. The number of benzene rings is 3. The van der Waals surface area contributed by atoms with Crippen LogP contribution in [0.3, 0.4) is 0 Å². The van der Waals surface area contributed by atoms with Crippen molar-refractivity contribution in [2.75, 3.05) is 11.9 Å². The third-order valence-corrected chi connectivity index (χ3v) is 7.29. The van der Waals surface area contributed by atoms with E-state index in [0.717, 1.165) is 62.5 Å². The molecule has 156 valence electrons. The van der Waals surface area contributed by atoms with Crippen LogP contribution in [-0.4, -0.2) is 6.61 Å². The molecule has 3 nitrogen and oxygen atoms in total. The summed E-state index contributed by atoms with van der Waals surface area (Å²) in [6.45, 7) is 0.788. The smallest absolute Gasteiger partial charge is 0.135 e. The fourth-order valence-corrected chi connectivity index (χ4v) is 5.80. The van der Waals surface area contributed by atoms with E-state index in [2.05, 4.69) is 63.7 Å². The Morgan fingerprint density at radius 3 is 2.74 bits per heavy atom. The molecule has 0 radical (unpaired) electrons. The van der Waals surface area contributed by atoms with Crippen LogP contribution < -0.4 is 5.32 Å². The van der Waals surface area contributed by atoms with Gasteiger partial charge >= 0.3 is 0 Å². The molecular weight excluding hydrogens is 474 g/mol. The summed E-state index contributed by atoms with van der Waals surface area (Å²) in [5.74, 6) is 1.21. The molecule has 5 heteroatoms. The van der Waals surface area contributed by atoms with Crippen molar-refractivity contribution in [2.24, 2.45) is 5.92 Å². The van der Waals surface area contributed by atoms with Crippen molar-refractivity contribution in [1.82, 2.24) is 0 Å². The molecule has 4 aromatic rings. The number of ether oxygens (including phenoxy) is 1. The lowest BCUT2D eigenvalue weighted by atomic mass is 9.77. The summed E-state index contributed by atoms with van der Waals surface area (Å²) in [4.78, 5) is 0. The molecule has 0 bridgehead atoms. The number of halogens is 2. The van der Waals surface area contributed by atoms with Gasteiger partial charge in [-0.25, -0.2) is 0 Å². The molecule has 1 saturated heterocycles. The fraction of sp³-hybridized carbons (Fsp3) is 0.231. The lowest BCUT2D eigenvalue weighted by molar-refractivity contribution is -0.0381. The zero-order valence-corrected chi connectivity index (χ0v) is 19.1. The summed E-state index contributed by atoms with van der Waals surface area (Å²) in [5.41, 5.74) is 5.41. The zero-order chi connectivity index (χ0) is 20.9. The molecule has 1 unspecified atom stereocenters. The highest BCUT2D eigenvalue weighted by molar-refractivity contribution is 9.10. The first kappa shape index (κ1) is 19.4. The van der Waals surface area contributed by atoms with E-state index < -0.39 is 0 Å². The van der Waals surface area contributed by atoms with Gasteiger partial charge in [0.15, 0.2) is 0 Å². The van der Waals surface area contributed by atoms with Gasteiger partial charge < -0.3 is 14.5 Å². The highest BCUT2D eigenvalue weighted by Crippen LogP contribution is 2.51. The van der Waals surface area contributed by atoms with Crippen LogP contribution in [-0.2, 0) is 4.74 Å². The van der Waals surface area contributed by atoms with Gasteiger partial charge in [-0.1, -0.05) is 51.8 Å². The molecule has 1 N–H and O–H groups in total. The summed E-state index contributed by atoms with van der Waals surface area (Å²) in [7, 11) is 0. The number of hydrogen-bond donors (Lipinski definition) is 1. The van der Waals surface area contributed by atoms with E-state index in [9.17, 15) is 0 Å². The first-order chi connectivity index (χ1) is 15.2. The molecule has 0 aliphatic carbocycles. The first-order valence-corrected chi connectivity index (χ1v) is 11.8. The number of fused-ring (bicyclic) bond motifs is 4. The Labute approximate surface area is 194 Å². The second-order valence-corrected chi connectivity index (χ2v) is 9.66. The maximum absolute atomic E-state index is 6.64.